The van der Waals surface area contributed by atoms with Gasteiger partial charge in [0.15, 0.2) is 6.10 Å². The van der Waals surface area contributed by atoms with Gasteiger partial charge in [-0.3, -0.25) is 0 Å². The topological polar surface area (TPSA) is 88.1 Å². The Balaban J connectivity index is 1.48. The molecule has 0 spiro atoms. The molecule has 3 rings (SSSR count). The summed E-state index contributed by atoms with van der Waals surface area (Å²) in [5.74, 6) is -0.670. The third kappa shape index (κ3) is 11.5. The van der Waals surface area contributed by atoms with Crippen LogP contribution in [0.1, 0.15) is 99.3 Å². The second-order valence-electron chi connectivity index (χ2n) is 10.7. The Morgan fingerprint density at radius 1 is 0.682 bits per heavy atom. The second kappa shape index (κ2) is 18.9. The van der Waals surface area contributed by atoms with Gasteiger partial charge in [-0.15, -0.1) is 0 Å². The SMILES string of the molecule is CCCCCCCOc1ccc(-c2ccc(C(=O)Oc3ccc(C(=O)OC(C)C(=O)OCCCCCC)cc3)cc2)cc1Br. The van der Waals surface area contributed by atoms with Gasteiger partial charge >= 0.3 is 17.9 Å². The number of hydrogen-bond acceptors (Lipinski definition) is 7. The highest BCUT2D eigenvalue weighted by atomic mass is 79.9. The lowest BCUT2D eigenvalue weighted by Gasteiger charge is -2.13. The van der Waals surface area contributed by atoms with E-state index in [1.165, 1.54) is 56.9 Å². The van der Waals surface area contributed by atoms with Crippen LogP contribution in [0.2, 0.25) is 0 Å². The Morgan fingerprint density at radius 3 is 1.91 bits per heavy atom. The van der Waals surface area contributed by atoms with Crippen molar-refractivity contribution in [3.63, 3.8) is 0 Å². The molecule has 0 aliphatic rings. The maximum atomic E-state index is 12.7. The van der Waals surface area contributed by atoms with Crippen molar-refractivity contribution in [1.29, 1.82) is 0 Å². The summed E-state index contributed by atoms with van der Waals surface area (Å²) in [6.45, 7) is 6.80. The van der Waals surface area contributed by atoms with Crippen LogP contribution in [0.4, 0.5) is 0 Å². The highest BCUT2D eigenvalue weighted by molar-refractivity contribution is 9.10. The molecule has 0 aliphatic heterocycles. The molecule has 236 valence electrons. The van der Waals surface area contributed by atoms with Crippen molar-refractivity contribution in [2.75, 3.05) is 13.2 Å². The van der Waals surface area contributed by atoms with E-state index in [4.69, 9.17) is 18.9 Å². The van der Waals surface area contributed by atoms with Crippen molar-refractivity contribution >= 4 is 33.8 Å². The van der Waals surface area contributed by atoms with Gasteiger partial charge < -0.3 is 18.9 Å². The highest BCUT2D eigenvalue weighted by Gasteiger charge is 2.20. The van der Waals surface area contributed by atoms with Crippen LogP contribution in [0.5, 0.6) is 11.5 Å². The van der Waals surface area contributed by atoms with E-state index in [-0.39, 0.29) is 11.3 Å². The summed E-state index contributed by atoms with van der Waals surface area (Å²) in [5.41, 5.74) is 2.56. The number of carbonyl (C=O) groups is 3. The zero-order valence-corrected chi connectivity index (χ0v) is 27.5. The minimum absolute atomic E-state index is 0.228. The molecule has 1 atom stereocenters. The number of halogens is 1. The van der Waals surface area contributed by atoms with Gasteiger partial charge in [-0.05, 0) is 95.4 Å². The maximum absolute atomic E-state index is 12.7. The van der Waals surface area contributed by atoms with E-state index < -0.39 is 24.0 Å². The predicted molar refractivity (Wildman–Crippen MR) is 175 cm³/mol. The number of carbonyl (C=O) groups excluding carboxylic acids is 3. The summed E-state index contributed by atoms with van der Waals surface area (Å²) >= 11 is 3.61. The molecular formula is C36H43BrO7. The molecule has 3 aromatic rings. The first-order chi connectivity index (χ1) is 21.3. The van der Waals surface area contributed by atoms with Gasteiger partial charge in [-0.1, -0.05) is 77.0 Å². The Bertz CT molecular complexity index is 1340. The molecule has 0 saturated carbocycles. The summed E-state index contributed by atoms with van der Waals surface area (Å²) in [6, 6.07) is 19.1. The summed E-state index contributed by atoms with van der Waals surface area (Å²) in [4.78, 5) is 37.3. The molecule has 7 nitrogen and oxygen atoms in total. The van der Waals surface area contributed by atoms with Crippen molar-refractivity contribution in [2.45, 2.75) is 84.7 Å². The van der Waals surface area contributed by atoms with Crippen LogP contribution < -0.4 is 9.47 Å². The third-order valence-corrected chi connectivity index (χ3v) is 7.67. The molecule has 0 bridgehead atoms. The zero-order valence-electron chi connectivity index (χ0n) is 25.9. The molecule has 0 N–H and O–H groups in total. The summed E-state index contributed by atoms with van der Waals surface area (Å²) in [7, 11) is 0. The van der Waals surface area contributed by atoms with E-state index >= 15 is 0 Å². The van der Waals surface area contributed by atoms with Crippen LogP contribution in [-0.2, 0) is 14.3 Å². The van der Waals surface area contributed by atoms with Gasteiger partial charge in [-0.25, -0.2) is 14.4 Å². The largest absolute Gasteiger partial charge is 0.492 e. The lowest BCUT2D eigenvalue weighted by molar-refractivity contribution is -0.153. The van der Waals surface area contributed by atoms with Crippen molar-refractivity contribution in [3.8, 4) is 22.6 Å². The van der Waals surface area contributed by atoms with Gasteiger partial charge in [0.05, 0.1) is 28.8 Å². The number of ether oxygens (including phenoxy) is 4. The molecule has 0 saturated heterocycles. The summed E-state index contributed by atoms with van der Waals surface area (Å²) in [6.07, 6.45) is 8.88. The zero-order chi connectivity index (χ0) is 31.7. The standard InChI is InChI=1S/C36H43BrO7/c1-4-6-8-10-12-23-41-33-22-19-30(25-32(33)37)27-13-15-28(16-14-27)36(40)44-31-20-17-29(18-21-31)35(39)43-26(3)34(38)42-24-11-9-7-5-2/h13-22,25-26H,4-12,23-24H2,1-3H3. The molecule has 0 aliphatic carbocycles. The fraction of sp³-hybridized carbons (Fsp3) is 0.417. The number of rotatable bonds is 18. The number of benzene rings is 3. The van der Waals surface area contributed by atoms with Gasteiger partial charge in [0.25, 0.3) is 0 Å². The Kier molecular flexibility index (Phi) is 15.0. The summed E-state index contributed by atoms with van der Waals surface area (Å²) < 4.78 is 22.7. The molecular weight excluding hydrogens is 624 g/mol. The molecule has 3 aromatic carbocycles. The van der Waals surface area contributed by atoms with E-state index in [9.17, 15) is 14.4 Å². The van der Waals surface area contributed by atoms with Crippen molar-refractivity contribution < 1.29 is 33.3 Å². The Labute approximate surface area is 269 Å². The molecule has 0 fully saturated rings. The minimum atomic E-state index is -1.02. The average Bonchev–Trinajstić information content (AvgIpc) is 3.03. The Morgan fingerprint density at radius 2 is 1.25 bits per heavy atom. The average molecular weight is 668 g/mol. The first-order valence-corrected chi connectivity index (χ1v) is 16.3. The smallest absolute Gasteiger partial charge is 0.347 e. The fourth-order valence-corrected chi connectivity index (χ4v) is 4.90. The third-order valence-electron chi connectivity index (χ3n) is 7.05. The quantitative estimate of drug-likeness (QED) is 0.0759. The van der Waals surface area contributed by atoms with Gasteiger partial charge in [0.1, 0.15) is 11.5 Å². The maximum Gasteiger partial charge on any atom is 0.347 e. The molecule has 0 radical (unpaired) electrons. The lowest BCUT2D eigenvalue weighted by Crippen LogP contribution is -2.26. The number of hydrogen-bond donors (Lipinski definition) is 0. The molecule has 0 aromatic heterocycles. The van der Waals surface area contributed by atoms with Crippen LogP contribution in [-0.4, -0.2) is 37.2 Å². The summed E-state index contributed by atoms with van der Waals surface area (Å²) in [5, 5.41) is 0. The predicted octanol–water partition coefficient (Wildman–Crippen LogP) is 9.35. The van der Waals surface area contributed by atoms with Crippen molar-refractivity contribution in [1.82, 2.24) is 0 Å². The molecule has 8 heteroatoms. The van der Waals surface area contributed by atoms with Gasteiger partial charge in [0.2, 0.25) is 0 Å². The van der Waals surface area contributed by atoms with Crippen molar-refractivity contribution in [3.05, 3.63) is 82.3 Å². The van der Waals surface area contributed by atoms with E-state index in [1.54, 1.807) is 12.1 Å². The van der Waals surface area contributed by atoms with Crippen LogP contribution >= 0.6 is 15.9 Å². The van der Waals surface area contributed by atoms with Crippen molar-refractivity contribution in [2.24, 2.45) is 0 Å². The van der Waals surface area contributed by atoms with Crippen LogP contribution in [0.15, 0.2) is 71.2 Å². The van der Waals surface area contributed by atoms with E-state index in [1.807, 2.05) is 30.3 Å². The molecule has 44 heavy (non-hydrogen) atoms. The minimum Gasteiger partial charge on any atom is -0.492 e. The van der Waals surface area contributed by atoms with Gasteiger partial charge in [0, 0.05) is 0 Å². The first kappa shape index (κ1) is 34.8. The van der Waals surface area contributed by atoms with Crippen LogP contribution in [0.25, 0.3) is 11.1 Å². The van der Waals surface area contributed by atoms with E-state index in [2.05, 4.69) is 29.8 Å². The van der Waals surface area contributed by atoms with Crippen LogP contribution in [0, 0.1) is 0 Å². The number of unbranched alkanes of at least 4 members (excludes halogenated alkanes) is 7. The van der Waals surface area contributed by atoms with Gasteiger partial charge in [-0.2, -0.15) is 0 Å². The van der Waals surface area contributed by atoms with E-state index in [0.29, 0.717) is 18.8 Å². The van der Waals surface area contributed by atoms with Crippen LogP contribution in [0.3, 0.4) is 0 Å². The molecule has 0 heterocycles. The normalized spacial score (nSPS) is 11.5. The first-order valence-electron chi connectivity index (χ1n) is 15.5. The number of esters is 3. The fourth-order valence-electron chi connectivity index (χ4n) is 4.40. The van der Waals surface area contributed by atoms with E-state index in [0.717, 1.165) is 53.5 Å². The molecule has 1 unspecified atom stereocenters. The highest BCUT2D eigenvalue weighted by Crippen LogP contribution is 2.31. The lowest BCUT2D eigenvalue weighted by atomic mass is 10.0. The molecule has 0 amide bonds. The Hall–Kier alpha value is -3.65. The second-order valence-corrected chi connectivity index (χ2v) is 11.5. The monoisotopic (exact) mass is 666 g/mol.